The van der Waals surface area contributed by atoms with E-state index >= 15 is 0 Å². The summed E-state index contributed by atoms with van der Waals surface area (Å²) in [6.45, 7) is 2.28. The van der Waals surface area contributed by atoms with Gasteiger partial charge in [0.15, 0.2) is 6.61 Å². The molecule has 0 radical (unpaired) electrons. The quantitative estimate of drug-likeness (QED) is 0.836. The molecule has 0 atom stereocenters. The van der Waals surface area contributed by atoms with Crippen LogP contribution in [0.5, 0.6) is 11.5 Å². The van der Waals surface area contributed by atoms with Gasteiger partial charge in [-0.2, -0.15) is 0 Å². The monoisotopic (exact) mass is 314 g/mol. The first-order valence-electron chi connectivity index (χ1n) is 7.05. The Kier molecular flexibility index (Phi) is 5.57. The van der Waals surface area contributed by atoms with Gasteiger partial charge in [-0.05, 0) is 48.9 Å². The summed E-state index contributed by atoms with van der Waals surface area (Å²) in [5.74, 6) is -0.434. The topological polar surface area (TPSA) is 87.7 Å². The van der Waals surface area contributed by atoms with E-state index in [0.29, 0.717) is 18.0 Å². The fourth-order valence-corrected chi connectivity index (χ4v) is 1.87. The fourth-order valence-electron chi connectivity index (χ4n) is 1.87. The number of carboxylic acids is 1. The molecule has 6 heteroatoms. The van der Waals surface area contributed by atoms with Crippen molar-refractivity contribution in [1.82, 2.24) is 0 Å². The van der Waals surface area contributed by atoms with E-state index in [4.69, 9.17) is 9.47 Å². The summed E-state index contributed by atoms with van der Waals surface area (Å²) in [6, 6.07) is 12.7. The third-order valence-electron chi connectivity index (χ3n) is 2.89. The Morgan fingerprint density at radius 1 is 1.04 bits per heavy atom. The average Bonchev–Trinajstić information content (AvgIpc) is 2.55. The lowest BCUT2D eigenvalue weighted by Crippen LogP contribution is -2.23. The van der Waals surface area contributed by atoms with Crippen LogP contribution in [0, 0.1) is 0 Å². The molecule has 2 aromatic carbocycles. The molecule has 2 rings (SSSR count). The summed E-state index contributed by atoms with van der Waals surface area (Å²) in [4.78, 5) is 22.6. The number of carbonyl (C=O) groups is 2. The minimum absolute atomic E-state index is 0.00442. The minimum atomic E-state index is -1.30. The van der Waals surface area contributed by atoms with Gasteiger partial charge in [0.2, 0.25) is 0 Å². The molecule has 120 valence electrons. The van der Waals surface area contributed by atoms with Gasteiger partial charge in [-0.3, -0.25) is 4.79 Å². The molecule has 1 N–H and O–H groups in total. The summed E-state index contributed by atoms with van der Waals surface area (Å²) in [5, 5.41) is 13.3. The first-order valence-corrected chi connectivity index (χ1v) is 7.05. The second-order valence-electron chi connectivity index (χ2n) is 4.61. The zero-order valence-corrected chi connectivity index (χ0v) is 12.6. The Morgan fingerprint density at radius 2 is 1.70 bits per heavy atom. The molecule has 2 aromatic rings. The molecule has 0 aliphatic rings. The summed E-state index contributed by atoms with van der Waals surface area (Å²) in [5.41, 5.74) is 0.363. The normalized spacial score (nSPS) is 9.96. The number of carboxylic acid groups (broad SMARTS) is 1. The van der Waals surface area contributed by atoms with Gasteiger partial charge in [-0.25, -0.2) is 0 Å². The number of aromatic carboxylic acids is 1. The highest BCUT2D eigenvalue weighted by molar-refractivity contribution is 5.94. The lowest BCUT2D eigenvalue weighted by molar-refractivity contribution is -0.255. The van der Waals surface area contributed by atoms with Crippen LogP contribution in [0.15, 0.2) is 48.5 Å². The first kappa shape index (κ1) is 16.4. The maximum atomic E-state index is 11.8. The number of ether oxygens (including phenoxy) is 2. The number of amides is 1. The zero-order valence-electron chi connectivity index (χ0n) is 12.6. The Labute approximate surface area is 133 Å². The van der Waals surface area contributed by atoms with Crippen LogP contribution in [0.1, 0.15) is 17.3 Å². The van der Waals surface area contributed by atoms with E-state index in [9.17, 15) is 14.7 Å². The van der Waals surface area contributed by atoms with E-state index in [-0.39, 0.29) is 12.2 Å². The molecule has 0 aliphatic heterocycles. The van der Waals surface area contributed by atoms with Gasteiger partial charge in [0.05, 0.1) is 12.6 Å². The number of hydrogen-bond donors (Lipinski definition) is 1. The van der Waals surface area contributed by atoms with Crippen molar-refractivity contribution >= 4 is 17.6 Å². The molecular formula is C17H16NO5-. The van der Waals surface area contributed by atoms with Crippen molar-refractivity contribution < 1.29 is 24.2 Å². The van der Waals surface area contributed by atoms with Gasteiger partial charge in [-0.1, -0.05) is 12.1 Å². The maximum absolute atomic E-state index is 11.8. The second kappa shape index (κ2) is 7.84. The lowest BCUT2D eigenvalue weighted by atomic mass is 10.2. The van der Waals surface area contributed by atoms with Crippen molar-refractivity contribution in [3.63, 3.8) is 0 Å². The fraction of sp³-hybridized carbons (Fsp3) is 0.176. The first-order chi connectivity index (χ1) is 11.1. The number of benzene rings is 2. The van der Waals surface area contributed by atoms with Crippen LogP contribution in [0.4, 0.5) is 5.69 Å². The number of nitrogens with one attached hydrogen (secondary N) is 1. The van der Waals surface area contributed by atoms with E-state index in [1.54, 1.807) is 30.3 Å². The minimum Gasteiger partial charge on any atom is -0.545 e. The van der Waals surface area contributed by atoms with E-state index in [2.05, 4.69) is 5.32 Å². The maximum Gasteiger partial charge on any atom is 0.262 e. The van der Waals surface area contributed by atoms with Crippen molar-refractivity contribution in [2.45, 2.75) is 6.92 Å². The smallest absolute Gasteiger partial charge is 0.262 e. The highest BCUT2D eigenvalue weighted by Crippen LogP contribution is 2.17. The summed E-state index contributed by atoms with van der Waals surface area (Å²) in [7, 11) is 0. The van der Waals surface area contributed by atoms with Crippen LogP contribution in [0.3, 0.4) is 0 Å². The molecule has 0 bridgehead atoms. The number of hydrogen-bond acceptors (Lipinski definition) is 5. The van der Waals surface area contributed by atoms with Crippen molar-refractivity contribution in [2.24, 2.45) is 0 Å². The van der Waals surface area contributed by atoms with Crippen molar-refractivity contribution in [3.8, 4) is 11.5 Å². The summed E-state index contributed by atoms with van der Waals surface area (Å²) in [6.07, 6.45) is 0. The van der Waals surface area contributed by atoms with Gasteiger partial charge >= 0.3 is 0 Å². The van der Waals surface area contributed by atoms with Crippen LogP contribution < -0.4 is 19.9 Å². The standard InChI is InChI=1S/C17H17NO5/c1-2-22-14-6-8-15(9-7-14)23-11-16(19)18-13-5-3-4-12(10-13)17(20)21/h3-10H,2,11H2,1H3,(H,18,19)(H,20,21)/p-1. The molecule has 23 heavy (non-hydrogen) atoms. The van der Waals surface area contributed by atoms with Gasteiger partial charge < -0.3 is 24.7 Å². The predicted octanol–water partition coefficient (Wildman–Crippen LogP) is 1.47. The van der Waals surface area contributed by atoms with Gasteiger partial charge in [0.25, 0.3) is 5.91 Å². The SMILES string of the molecule is CCOc1ccc(OCC(=O)Nc2cccc(C(=O)[O-])c2)cc1. The van der Waals surface area contributed by atoms with Crippen LogP contribution in [-0.2, 0) is 4.79 Å². The number of rotatable bonds is 7. The third-order valence-corrected chi connectivity index (χ3v) is 2.89. The predicted molar refractivity (Wildman–Crippen MR) is 82.5 cm³/mol. The molecule has 0 aromatic heterocycles. The molecule has 0 fully saturated rings. The van der Waals surface area contributed by atoms with Crippen LogP contribution in [0.25, 0.3) is 0 Å². The number of carbonyl (C=O) groups excluding carboxylic acids is 2. The molecule has 0 saturated carbocycles. The highest BCUT2D eigenvalue weighted by Gasteiger charge is 2.05. The van der Waals surface area contributed by atoms with Gasteiger partial charge in [0.1, 0.15) is 11.5 Å². The molecule has 0 unspecified atom stereocenters. The van der Waals surface area contributed by atoms with E-state index in [1.807, 2.05) is 6.92 Å². The molecule has 1 amide bonds. The molecular weight excluding hydrogens is 298 g/mol. The second-order valence-corrected chi connectivity index (χ2v) is 4.61. The largest absolute Gasteiger partial charge is 0.545 e. The highest BCUT2D eigenvalue weighted by atomic mass is 16.5. The Bertz CT molecular complexity index is 682. The van der Waals surface area contributed by atoms with Crippen LogP contribution in [-0.4, -0.2) is 25.1 Å². The summed E-state index contributed by atoms with van der Waals surface area (Å²) >= 11 is 0. The summed E-state index contributed by atoms with van der Waals surface area (Å²) < 4.78 is 10.7. The molecule has 6 nitrogen and oxygen atoms in total. The zero-order chi connectivity index (χ0) is 16.7. The third kappa shape index (κ3) is 5.03. The Balaban J connectivity index is 1.87. The van der Waals surface area contributed by atoms with Crippen molar-refractivity contribution in [2.75, 3.05) is 18.5 Å². The molecule has 0 aliphatic carbocycles. The van der Waals surface area contributed by atoms with Crippen LogP contribution in [0.2, 0.25) is 0 Å². The van der Waals surface area contributed by atoms with Gasteiger partial charge in [-0.15, -0.1) is 0 Å². The van der Waals surface area contributed by atoms with E-state index in [0.717, 1.165) is 5.75 Å². The Morgan fingerprint density at radius 3 is 2.30 bits per heavy atom. The average molecular weight is 314 g/mol. The van der Waals surface area contributed by atoms with Gasteiger partial charge in [0, 0.05) is 5.69 Å². The Hall–Kier alpha value is -3.02. The molecule has 0 heterocycles. The molecule has 0 saturated heterocycles. The molecule has 0 spiro atoms. The number of anilines is 1. The lowest BCUT2D eigenvalue weighted by Gasteiger charge is -2.10. The van der Waals surface area contributed by atoms with Crippen LogP contribution >= 0.6 is 0 Å². The van der Waals surface area contributed by atoms with Crippen molar-refractivity contribution in [1.29, 1.82) is 0 Å². The van der Waals surface area contributed by atoms with E-state index in [1.165, 1.54) is 18.2 Å². The van der Waals surface area contributed by atoms with Crippen molar-refractivity contribution in [3.05, 3.63) is 54.1 Å². The van der Waals surface area contributed by atoms with E-state index < -0.39 is 11.9 Å².